The molecule has 0 N–H and O–H groups in total. The molecule has 122 valence electrons. The van der Waals surface area contributed by atoms with E-state index in [4.69, 9.17) is 0 Å². The molecule has 0 unspecified atom stereocenters. The van der Waals surface area contributed by atoms with Gasteiger partial charge in [-0.2, -0.15) is 5.26 Å². The summed E-state index contributed by atoms with van der Waals surface area (Å²) in [5.74, 6) is -0.549. The van der Waals surface area contributed by atoms with E-state index < -0.39 is 16.9 Å². The van der Waals surface area contributed by atoms with Gasteiger partial charge < -0.3 is 4.90 Å². The van der Waals surface area contributed by atoms with Gasteiger partial charge in [0.05, 0.1) is 12.1 Å². The monoisotopic (exact) mass is 322 g/mol. The van der Waals surface area contributed by atoms with Crippen molar-refractivity contribution in [3.05, 3.63) is 66.0 Å². The normalized spacial score (nSPS) is 23.5. The zero-order chi connectivity index (χ0) is 17.5. The first kappa shape index (κ1) is 16.2. The Balaban J connectivity index is 2.17. The largest absolute Gasteiger partial charge is 0.301 e. The fourth-order valence-electron chi connectivity index (χ4n) is 3.46. The predicted molar refractivity (Wildman–Crippen MR) is 90.6 cm³/mol. The molecule has 2 aromatic carbocycles. The summed E-state index contributed by atoms with van der Waals surface area (Å²) < 4.78 is 13.3. The molecule has 0 saturated carbocycles. The van der Waals surface area contributed by atoms with Gasteiger partial charge in [0.15, 0.2) is 5.41 Å². The molecule has 0 spiro atoms. The number of rotatable bonds is 2. The second-order valence-electron chi connectivity index (χ2n) is 7.13. The van der Waals surface area contributed by atoms with Crippen LogP contribution in [0.2, 0.25) is 0 Å². The fraction of sp³-hybridized carbons (Fsp3) is 0.300. The van der Waals surface area contributed by atoms with Gasteiger partial charge in [0.2, 0.25) is 0 Å². The Kier molecular flexibility index (Phi) is 3.68. The summed E-state index contributed by atoms with van der Waals surface area (Å²) in [6.07, 6.45) is 0. The van der Waals surface area contributed by atoms with Gasteiger partial charge in [0.1, 0.15) is 5.82 Å². The third kappa shape index (κ3) is 2.12. The topological polar surface area (TPSA) is 44.1 Å². The van der Waals surface area contributed by atoms with Crippen molar-refractivity contribution in [2.24, 2.45) is 10.8 Å². The van der Waals surface area contributed by atoms with Gasteiger partial charge in [-0.15, -0.1) is 0 Å². The van der Waals surface area contributed by atoms with Crippen LogP contribution in [0.15, 0.2) is 54.6 Å². The summed E-state index contributed by atoms with van der Waals surface area (Å²) in [4.78, 5) is 14.7. The van der Waals surface area contributed by atoms with Crippen molar-refractivity contribution in [1.82, 2.24) is 0 Å². The average Bonchev–Trinajstić information content (AvgIpc) is 2.54. The zero-order valence-electron chi connectivity index (χ0n) is 14.0. The minimum Gasteiger partial charge on any atom is -0.301 e. The predicted octanol–water partition coefficient (Wildman–Crippen LogP) is 4.47. The number of para-hydroxylation sites is 1. The van der Waals surface area contributed by atoms with Crippen molar-refractivity contribution in [3.8, 4) is 6.07 Å². The molecule has 24 heavy (non-hydrogen) atoms. The van der Waals surface area contributed by atoms with Gasteiger partial charge in [0, 0.05) is 5.69 Å². The van der Waals surface area contributed by atoms with Crippen LogP contribution in [0.5, 0.6) is 0 Å². The first-order chi connectivity index (χ1) is 11.3. The van der Waals surface area contributed by atoms with Crippen LogP contribution in [0.25, 0.3) is 0 Å². The van der Waals surface area contributed by atoms with E-state index >= 15 is 0 Å². The molecule has 3 nitrogen and oxygen atoms in total. The van der Waals surface area contributed by atoms with E-state index in [-0.39, 0.29) is 11.7 Å². The number of carbonyl (C=O) groups excluding carboxylic acids is 1. The Morgan fingerprint density at radius 1 is 1.08 bits per heavy atom. The molecule has 0 aromatic heterocycles. The van der Waals surface area contributed by atoms with Crippen LogP contribution in [-0.4, -0.2) is 5.91 Å². The Morgan fingerprint density at radius 2 is 1.67 bits per heavy atom. The summed E-state index contributed by atoms with van der Waals surface area (Å²) in [5, 5.41) is 9.92. The van der Waals surface area contributed by atoms with Crippen LogP contribution in [-0.2, 0) is 4.79 Å². The molecule has 1 heterocycles. The Bertz CT molecular complexity index is 802. The summed E-state index contributed by atoms with van der Waals surface area (Å²) in [6.45, 7) is 5.69. The quantitative estimate of drug-likeness (QED) is 0.766. The van der Waals surface area contributed by atoms with Crippen LogP contribution in [0.1, 0.15) is 32.4 Å². The minimum absolute atomic E-state index is 0.210. The van der Waals surface area contributed by atoms with E-state index in [1.165, 1.54) is 12.1 Å². The number of nitriles is 1. The summed E-state index contributed by atoms with van der Waals surface area (Å²) in [5.41, 5.74) is -0.229. The number of hydrogen-bond donors (Lipinski definition) is 0. The molecule has 1 saturated heterocycles. The summed E-state index contributed by atoms with van der Waals surface area (Å²) in [6, 6.07) is 17.2. The Hall–Kier alpha value is -2.67. The van der Waals surface area contributed by atoms with Crippen molar-refractivity contribution in [2.45, 2.75) is 26.8 Å². The Morgan fingerprint density at radius 3 is 2.17 bits per heavy atom. The summed E-state index contributed by atoms with van der Waals surface area (Å²) in [7, 11) is 0. The second kappa shape index (κ2) is 5.45. The molecule has 1 aliphatic rings. The fourth-order valence-corrected chi connectivity index (χ4v) is 3.46. The van der Waals surface area contributed by atoms with Crippen LogP contribution in [0.4, 0.5) is 10.1 Å². The first-order valence-corrected chi connectivity index (χ1v) is 7.88. The molecule has 1 amide bonds. The number of halogens is 1. The molecule has 2 atom stereocenters. The lowest BCUT2D eigenvalue weighted by atomic mass is 9.55. The van der Waals surface area contributed by atoms with Crippen molar-refractivity contribution in [3.63, 3.8) is 0 Å². The van der Waals surface area contributed by atoms with E-state index in [1.54, 1.807) is 17.0 Å². The number of β-lactam (4-membered cyclic amide) rings is 1. The third-order valence-corrected chi connectivity index (χ3v) is 4.80. The van der Waals surface area contributed by atoms with Crippen molar-refractivity contribution in [2.75, 3.05) is 4.90 Å². The highest BCUT2D eigenvalue weighted by molar-refractivity contribution is 6.08. The van der Waals surface area contributed by atoms with Crippen LogP contribution < -0.4 is 4.90 Å². The maximum absolute atomic E-state index is 13.3. The number of anilines is 1. The standard InChI is InChI=1S/C20H19FN2O/c1-19(2,3)20(13-22)17(14-9-11-15(21)12-10-14)23(18(20)24)16-7-5-4-6-8-16/h4-12,17H,1-3H3/t17-,20-/m0/s1. The molecule has 1 aliphatic heterocycles. The molecular formula is C20H19FN2O. The highest BCUT2D eigenvalue weighted by Gasteiger charge is 2.67. The highest BCUT2D eigenvalue weighted by atomic mass is 19.1. The lowest BCUT2D eigenvalue weighted by Gasteiger charge is -2.57. The van der Waals surface area contributed by atoms with Gasteiger partial charge in [-0.3, -0.25) is 4.79 Å². The maximum atomic E-state index is 13.3. The van der Waals surface area contributed by atoms with Crippen LogP contribution in [0.3, 0.4) is 0 Å². The van der Waals surface area contributed by atoms with Gasteiger partial charge in [-0.05, 0) is 35.2 Å². The smallest absolute Gasteiger partial charge is 0.251 e. The van der Waals surface area contributed by atoms with Crippen LogP contribution >= 0.6 is 0 Å². The van der Waals surface area contributed by atoms with Gasteiger partial charge in [0.25, 0.3) is 5.91 Å². The molecule has 4 heteroatoms. The number of amides is 1. The van der Waals surface area contributed by atoms with Crippen LogP contribution in [0, 0.1) is 28.0 Å². The highest BCUT2D eigenvalue weighted by Crippen LogP contribution is 2.60. The lowest BCUT2D eigenvalue weighted by Crippen LogP contribution is -2.68. The van der Waals surface area contributed by atoms with Gasteiger partial charge in [-0.25, -0.2) is 4.39 Å². The van der Waals surface area contributed by atoms with Crippen molar-refractivity contribution < 1.29 is 9.18 Å². The summed E-state index contributed by atoms with van der Waals surface area (Å²) >= 11 is 0. The molecule has 0 aliphatic carbocycles. The van der Waals surface area contributed by atoms with E-state index in [2.05, 4.69) is 6.07 Å². The number of nitrogens with zero attached hydrogens (tertiary/aromatic N) is 2. The molecule has 0 bridgehead atoms. The molecular weight excluding hydrogens is 303 g/mol. The number of benzene rings is 2. The zero-order valence-corrected chi connectivity index (χ0v) is 14.0. The third-order valence-electron chi connectivity index (χ3n) is 4.80. The average molecular weight is 322 g/mol. The number of carbonyl (C=O) groups is 1. The first-order valence-electron chi connectivity index (χ1n) is 7.88. The molecule has 3 rings (SSSR count). The molecule has 0 radical (unpaired) electrons. The van der Waals surface area contributed by atoms with Gasteiger partial charge >= 0.3 is 0 Å². The van der Waals surface area contributed by atoms with Crippen molar-refractivity contribution in [1.29, 1.82) is 5.26 Å². The molecule has 2 aromatic rings. The van der Waals surface area contributed by atoms with Crippen molar-refractivity contribution >= 4 is 11.6 Å². The van der Waals surface area contributed by atoms with E-state index in [9.17, 15) is 14.4 Å². The lowest BCUT2D eigenvalue weighted by molar-refractivity contribution is -0.143. The molecule has 1 fully saturated rings. The van der Waals surface area contributed by atoms with Gasteiger partial charge in [-0.1, -0.05) is 51.1 Å². The number of hydrogen-bond acceptors (Lipinski definition) is 2. The second-order valence-corrected chi connectivity index (χ2v) is 7.13. The SMILES string of the molecule is CC(C)(C)[C@]1(C#N)C(=O)N(c2ccccc2)[C@H]1c1ccc(F)cc1. The van der Waals surface area contributed by atoms with E-state index in [0.29, 0.717) is 0 Å². The Labute approximate surface area is 141 Å². The minimum atomic E-state index is -1.18. The van der Waals surface area contributed by atoms with E-state index in [0.717, 1.165) is 11.3 Å². The maximum Gasteiger partial charge on any atom is 0.251 e. The van der Waals surface area contributed by atoms with E-state index in [1.807, 2.05) is 51.1 Å².